The molecule has 0 radical (unpaired) electrons. The van der Waals surface area contributed by atoms with Crippen molar-refractivity contribution in [3.8, 4) is 0 Å². The van der Waals surface area contributed by atoms with Gasteiger partial charge in [-0.05, 0) is 30.9 Å². The summed E-state index contributed by atoms with van der Waals surface area (Å²) in [6.45, 7) is 14.5. The molecule has 0 heteroatoms. The normalized spacial score (nSPS) is 12.2. The van der Waals surface area contributed by atoms with Gasteiger partial charge in [0.15, 0.2) is 0 Å². The Hall–Kier alpha value is -0.780. The van der Waals surface area contributed by atoms with E-state index in [1.165, 1.54) is 29.6 Å². The SMILES string of the molecule is C=C/C(C)=C(/CCC)C(=C)CCC. The zero-order valence-electron chi connectivity index (χ0n) is 9.32. The molecule has 0 bridgehead atoms. The molecule has 0 aliphatic heterocycles. The fourth-order valence-corrected chi connectivity index (χ4v) is 1.48. The lowest BCUT2D eigenvalue weighted by Gasteiger charge is -2.11. The smallest absolute Gasteiger partial charge is 0.0276 e. The summed E-state index contributed by atoms with van der Waals surface area (Å²) in [4.78, 5) is 0. The van der Waals surface area contributed by atoms with E-state index in [2.05, 4.69) is 33.9 Å². The molecule has 0 aromatic heterocycles. The lowest BCUT2D eigenvalue weighted by atomic mass is 9.95. The van der Waals surface area contributed by atoms with Gasteiger partial charge >= 0.3 is 0 Å². The van der Waals surface area contributed by atoms with Crippen LogP contribution in [-0.4, -0.2) is 0 Å². The van der Waals surface area contributed by atoms with E-state index in [-0.39, 0.29) is 0 Å². The van der Waals surface area contributed by atoms with Gasteiger partial charge in [0.1, 0.15) is 0 Å². The molecule has 0 atom stereocenters. The van der Waals surface area contributed by atoms with Crippen molar-refractivity contribution >= 4 is 0 Å². The van der Waals surface area contributed by atoms with Crippen molar-refractivity contribution in [2.45, 2.75) is 46.5 Å². The van der Waals surface area contributed by atoms with Gasteiger partial charge in [0.25, 0.3) is 0 Å². The van der Waals surface area contributed by atoms with E-state index in [9.17, 15) is 0 Å². The zero-order valence-corrected chi connectivity index (χ0v) is 9.32. The molecule has 0 saturated carbocycles. The highest BCUT2D eigenvalue weighted by Gasteiger charge is 2.03. The standard InChI is InChI=1S/C13H22/c1-6-9-12(5)13(10-7-2)11(4)8-3/h8H,3,5-7,9-10H2,1-2,4H3/b13-11-. The van der Waals surface area contributed by atoms with Crippen LogP contribution in [-0.2, 0) is 0 Å². The van der Waals surface area contributed by atoms with Gasteiger partial charge in [-0.15, -0.1) is 0 Å². The van der Waals surface area contributed by atoms with Crippen LogP contribution in [0, 0.1) is 0 Å². The summed E-state index contributed by atoms with van der Waals surface area (Å²) in [5, 5.41) is 0. The third-order valence-electron chi connectivity index (χ3n) is 2.26. The highest BCUT2D eigenvalue weighted by atomic mass is 14.1. The molecule has 0 spiro atoms. The van der Waals surface area contributed by atoms with Crippen molar-refractivity contribution in [1.82, 2.24) is 0 Å². The molecule has 74 valence electrons. The highest BCUT2D eigenvalue weighted by Crippen LogP contribution is 2.22. The lowest BCUT2D eigenvalue weighted by Crippen LogP contribution is -1.91. The fourth-order valence-electron chi connectivity index (χ4n) is 1.48. The Morgan fingerprint density at radius 3 is 2.08 bits per heavy atom. The average molecular weight is 178 g/mol. The Kier molecular flexibility index (Phi) is 6.30. The van der Waals surface area contributed by atoms with Gasteiger partial charge in [-0.25, -0.2) is 0 Å². The van der Waals surface area contributed by atoms with Crippen LogP contribution in [0.5, 0.6) is 0 Å². The second-order valence-corrected chi connectivity index (χ2v) is 3.47. The first kappa shape index (κ1) is 12.2. The Bertz CT molecular complexity index is 206. The highest BCUT2D eigenvalue weighted by molar-refractivity contribution is 5.36. The number of hydrogen-bond donors (Lipinski definition) is 0. The molecule has 0 aliphatic rings. The molecule has 0 aromatic carbocycles. The monoisotopic (exact) mass is 178 g/mol. The summed E-state index contributed by atoms with van der Waals surface area (Å²) < 4.78 is 0. The molecule has 0 saturated heterocycles. The van der Waals surface area contributed by atoms with Crippen LogP contribution in [0.15, 0.2) is 36.0 Å². The minimum absolute atomic E-state index is 1.11. The molecule has 0 fully saturated rings. The first-order valence-corrected chi connectivity index (χ1v) is 5.17. The Labute approximate surface area is 83.0 Å². The third-order valence-corrected chi connectivity index (χ3v) is 2.26. The topological polar surface area (TPSA) is 0 Å². The van der Waals surface area contributed by atoms with Gasteiger partial charge < -0.3 is 0 Å². The molecule has 0 N–H and O–H groups in total. The van der Waals surface area contributed by atoms with Gasteiger partial charge in [0.2, 0.25) is 0 Å². The van der Waals surface area contributed by atoms with E-state index in [1.54, 1.807) is 0 Å². The maximum Gasteiger partial charge on any atom is -0.0276 e. The molecule has 13 heavy (non-hydrogen) atoms. The van der Waals surface area contributed by atoms with E-state index in [0.29, 0.717) is 0 Å². The largest absolute Gasteiger partial charge is 0.0988 e. The minimum atomic E-state index is 1.11. The van der Waals surface area contributed by atoms with Crippen LogP contribution in [0.2, 0.25) is 0 Å². The fraction of sp³-hybridized carbons (Fsp3) is 0.538. The quantitative estimate of drug-likeness (QED) is 0.519. The molecule has 0 heterocycles. The molecule has 0 aromatic rings. The van der Waals surface area contributed by atoms with Crippen molar-refractivity contribution in [1.29, 1.82) is 0 Å². The summed E-state index contributed by atoms with van der Waals surface area (Å²) in [7, 11) is 0. The van der Waals surface area contributed by atoms with Gasteiger partial charge in [0, 0.05) is 0 Å². The first-order valence-electron chi connectivity index (χ1n) is 5.17. The van der Waals surface area contributed by atoms with Gasteiger partial charge in [-0.3, -0.25) is 0 Å². The van der Waals surface area contributed by atoms with E-state index in [0.717, 1.165) is 12.8 Å². The van der Waals surface area contributed by atoms with Gasteiger partial charge in [0.05, 0.1) is 0 Å². The van der Waals surface area contributed by atoms with Crippen LogP contribution in [0.25, 0.3) is 0 Å². The maximum absolute atomic E-state index is 4.13. The van der Waals surface area contributed by atoms with Crippen LogP contribution in [0.4, 0.5) is 0 Å². The average Bonchev–Trinajstić information content (AvgIpc) is 2.13. The van der Waals surface area contributed by atoms with Crippen LogP contribution < -0.4 is 0 Å². The molecule has 0 aliphatic carbocycles. The molecular formula is C13H22. The second kappa shape index (κ2) is 6.71. The van der Waals surface area contributed by atoms with E-state index < -0.39 is 0 Å². The molecule has 0 unspecified atom stereocenters. The lowest BCUT2D eigenvalue weighted by molar-refractivity contribution is 0.848. The predicted octanol–water partition coefficient (Wildman–Crippen LogP) is 4.65. The molecule has 0 nitrogen and oxygen atoms in total. The zero-order chi connectivity index (χ0) is 10.3. The number of hydrogen-bond acceptors (Lipinski definition) is 0. The van der Waals surface area contributed by atoms with Crippen molar-refractivity contribution < 1.29 is 0 Å². The Morgan fingerprint density at radius 1 is 1.15 bits per heavy atom. The van der Waals surface area contributed by atoms with E-state index in [4.69, 9.17) is 0 Å². The van der Waals surface area contributed by atoms with E-state index >= 15 is 0 Å². The van der Waals surface area contributed by atoms with Crippen molar-refractivity contribution in [3.05, 3.63) is 36.0 Å². The Balaban J connectivity index is 4.59. The summed E-state index contributed by atoms with van der Waals surface area (Å²) in [5.74, 6) is 0. The maximum atomic E-state index is 4.13. The number of rotatable bonds is 6. The summed E-state index contributed by atoms with van der Waals surface area (Å²) in [5.41, 5.74) is 4.00. The predicted molar refractivity (Wildman–Crippen MR) is 61.9 cm³/mol. The first-order chi connectivity index (χ1) is 6.17. The Morgan fingerprint density at radius 2 is 1.69 bits per heavy atom. The molecule has 0 rings (SSSR count). The van der Waals surface area contributed by atoms with Crippen molar-refractivity contribution in [2.24, 2.45) is 0 Å². The molecular weight excluding hydrogens is 156 g/mol. The summed E-state index contributed by atoms with van der Waals surface area (Å²) in [6.07, 6.45) is 6.54. The van der Waals surface area contributed by atoms with Crippen molar-refractivity contribution in [2.75, 3.05) is 0 Å². The minimum Gasteiger partial charge on any atom is -0.0988 e. The van der Waals surface area contributed by atoms with E-state index in [1.807, 2.05) is 6.08 Å². The summed E-state index contributed by atoms with van der Waals surface area (Å²) >= 11 is 0. The van der Waals surface area contributed by atoms with Gasteiger partial charge in [-0.1, -0.05) is 51.5 Å². The number of allylic oxidation sites excluding steroid dienone is 4. The van der Waals surface area contributed by atoms with Crippen LogP contribution in [0.3, 0.4) is 0 Å². The second-order valence-electron chi connectivity index (χ2n) is 3.47. The van der Waals surface area contributed by atoms with Crippen LogP contribution in [0.1, 0.15) is 46.5 Å². The van der Waals surface area contributed by atoms with Crippen molar-refractivity contribution in [3.63, 3.8) is 0 Å². The van der Waals surface area contributed by atoms with Gasteiger partial charge in [-0.2, -0.15) is 0 Å². The summed E-state index contributed by atoms with van der Waals surface area (Å²) in [6, 6.07) is 0. The van der Waals surface area contributed by atoms with Crippen LogP contribution >= 0.6 is 0 Å². The molecule has 0 amide bonds. The third kappa shape index (κ3) is 4.12.